The first-order valence-corrected chi connectivity index (χ1v) is 5.23. The van der Waals surface area contributed by atoms with Crippen molar-refractivity contribution in [3.05, 3.63) is 41.7 Å². The van der Waals surface area contributed by atoms with E-state index in [2.05, 4.69) is 16.5 Å². The predicted molar refractivity (Wildman–Crippen MR) is 66.1 cm³/mol. The summed E-state index contributed by atoms with van der Waals surface area (Å²) in [5, 5.41) is 7.41. The number of aromatic nitrogens is 2. The van der Waals surface area contributed by atoms with Crippen LogP contribution in [0.5, 0.6) is 0 Å². The lowest BCUT2D eigenvalue weighted by Gasteiger charge is -2.09. The Balaban J connectivity index is 2.07. The van der Waals surface area contributed by atoms with Gasteiger partial charge in [-0.05, 0) is 24.1 Å². The van der Waals surface area contributed by atoms with Crippen molar-refractivity contribution in [1.82, 2.24) is 9.78 Å². The zero-order valence-electron chi connectivity index (χ0n) is 9.57. The number of hydrogen-bond donors (Lipinski definition) is 2. The Kier molecular flexibility index (Phi) is 2.81. The van der Waals surface area contributed by atoms with Crippen molar-refractivity contribution < 1.29 is 0 Å². The van der Waals surface area contributed by atoms with Crippen molar-refractivity contribution in [3.8, 4) is 0 Å². The van der Waals surface area contributed by atoms with Gasteiger partial charge in [0, 0.05) is 25.5 Å². The fraction of sp³-hybridized carbons (Fsp3) is 0.250. The van der Waals surface area contributed by atoms with Gasteiger partial charge in [0.25, 0.3) is 0 Å². The summed E-state index contributed by atoms with van der Waals surface area (Å²) in [7, 11) is 1.90. The first-order valence-electron chi connectivity index (χ1n) is 5.23. The highest BCUT2D eigenvalue weighted by molar-refractivity contribution is 5.51. The Bertz CT molecular complexity index is 488. The fourth-order valence-electron chi connectivity index (χ4n) is 1.60. The Morgan fingerprint density at radius 2 is 2.25 bits per heavy atom. The van der Waals surface area contributed by atoms with Crippen LogP contribution in [0.1, 0.15) is 11.1 Å². The summed E-state index contributed by atoms with van der Waals surface area (Å²) in [4.78, 5) is 0. The average Bonchev–Trinajstić information content (AvgIpc) is 2.67. The Morgan fingerprint density at radius 1 is 1.44 bits per heavy atom. The first-order chi connectivity index (χ1) is 7.66. The lowest BCUT2D eigenvalue weighted by molar-refractivity contribution is 0.768. The third kappa shape index (κ3) is 2.16. The van der Waals surface area contributed by atoms with Crippen molar-refractivity contribution >= 4 is 11.4 Å². The Labute approximate surface area is 95.1 Å². The molecule has 4 nitrogen and oxygen atoms in total. The van der Waals surface area contributed by atoms with Crippen molar-refractivity contribution in [1.29, 1.82) is 0 Å². The number of aryl methyl sites for hydroxylation is 1. The van der Waals surface area contributed by atoms with Crippen LogP contribution in [0.15, 0.2) is 30.6 Å². The van der Waals surface area contributed by atoms with Gasteiger partial charge in [0.15, 0.2) is 0 Å². The van der Waals surface area contributed by atoms with Crippen LogP contribution in [0.4, 0.5) is 11.4 Å². The van der Waals surface area contributed by atoms with Gasteiger partial charge in [0.2, 0.25) is 0 Å². The van der Waals surface area contributed by atoms with Crippen LogP contribution in [0.25, 0.3) is 0 Å². The molecule has 16 heavy (non-hydrogen) atoms. The maximum absolute atomic E-state index is 5.85. The third-order valence-electron chi connectivity index (χ3n) is 2.68. The van der Waals surface area contributed by atoms with E-state index in [1.54, 1.807) is 4.68 Å². The van der Waals surface area contributed by atoms with E-state index in [0.29, 0.717) is 0 Å². The topological polar surface area (TPSA) is 55.9 Å². The molecule has 0 saturated heterocycles. The molecule has 0 aliphatic carbocycles. The lowest BCUT2D eigenvalue weighted by Crippen LogP contribution is -2.02. The van der Waals surface area contributed by atoms with Crippen LogP contribution in [0.2, 0.25) is 0 Å². The summed E-state index contributed by atoms with van der Waals surface area (Å²) in [5.41, 5.74) is 10.1. The van der Waals surface area contributed by atoms with Gasteiger partial charge in [-0.3, -0.25) is 4.68 Å². The number of anilines is 2. The molecule has 0 aliphatic heterocycles. The van der Waals surface area contributed by atoms with Crippen molar-refractivity contribution in [2.75, 3.05) is 11.1 Å². The predicted octanol–water partition coefficient (Wildman–Crippen LogP) is 1.92. The van der Waals surface area contributed by atoms with E-state index in [1.807, 2.05) is 38.5 Å². The van der Waals surface area contributed by atoms with Gasteiger partial charge in [-0.15, -0.1) is 0 Å². The van der Waals surface area contributed by atoms with Crippen LogP contribution < -0.4 is 11.1 Å². The zero-order chi connectivity index (χ0) is 11.5. The Hall–Kier alpha value is -1.97. The molecule has 1 aromatic carbocycles. The molecule has 0 unspecified atom stereocenters. The molecule has 0 aliphatic rings. The van der Waals surface area contributed by atoms with Crippen LogP contribution in [-0.2, 0) is 13.6 Å². The molecule has 1 aromatic heterocycles. The van der Waals surface area contributed by atoms with Crippen molar-refractivity contribution in [2.45, 2.75) is 13.5 Å². The minimum Gasteiger partial charge on any atom is -0.399 e. The lowest BCUT2D eigenvalue weighted by atomic mass is 10.1. The van der Waals surface area contributed by atoms with E-state index in [0.717, 1.165) is 23.5 Å². The molecule has 2 aromatic rings. The summed E-state index contributed by atoms with van der Waals surface area (Å²) in [6.45, 7) is 2.80. The minimum absolute atomic E-state index is 0.766. The van der Waals surface area contributed by atoms with Gasteiger partial charge < -0.3 is 11.1 Å². The van der Waals surface area contributed by atoms with Gasteiger partial charge in [0.1, 0.15) is 0 Å². The summed E-state index contributed by atoms with van der Waals surface area (Å²) in [5.74, 6) is 0. The second kappa shape index (κ2) is 4.26. The third-order valence-corrected chi connectivity index (χ3v) is 2.68. The normalized spacial score (nSPS) is 10.4. The molecule has 0 radical (unpaired) electrons. The number of nitrogens with two attached hydrogens (primary N) is 1. The van der Waals surface area contributed by atoms with Crippen LogP contribution in [-0.4, -0.2) is 9.78 Å². The maximum atomic E-state index is 5.85. The highest BCUT2D eigenvalue weighted by Gasteiger charge is 2.01. The molecule has 2 rings (SSSR count). The molecule has 0 saturated carbocycles. The number of rotatable bonds is 3. The van der Waals surface area contributed by atoms with Gasteiger partial charge in [-0.2, -0.15) is 5.10 Å². The van der Waals surface area contributed by atoms with Crippen molar-refractivity contribution in [2.24, 2.45) is 7.05 Å². The van der Waals surface area contributed by atoms with Crippen LogP contribution in [0, 0.1) is 6.92 Å². The van der Waals surface area contributed by atoms with Gasteiger partial charge in [-0.1, -0.05) is 12.1 Å². The number of benzene rings is 1. The summed E-state index contributed by atoms with van der Waals surface area (Å²) < 4.78 is 1.77. The van der Waals surface area contributed by atoms with E-state index < -0.39 is 0 Å². The molecular weight excluding hydrogens is 200 g/mol. The molecule has 0 fully saturated rings. The number of hydrogen-bond acceptors (Lipinski definition) is 3. The molecule has 4 heteroatoms. The number of nitrogens with one attached hydrogen (secondary N) is 1. The quantitative estimate of drug-likeness (QED) is 0.771. The number of nitrogens with zero attached hydrogens (tertiary/aromatic N) is 2. The fourth-order valence-corrected chi connectivity index (χ4v) is 1.60. The zero-order valence-corrected chi connectivity index (χ0v) is 9.57. The molecule has 0 atom stereocenters. The average molecular weight is 216 g/mol. The van der Waals surface area contributed by atoms with Crippen LogP contribution in [0.3, 0.4) is 0 Å². The maximum Gasteiger partial charge on any atom is 0.0729 e. The van der Waals surface area contributed by atoms with E-state index in [1.165, 1.54) is 5.56 Å². The van der Waals surface area contributed by atoms with E-state index in [4.69, 9.17) is 5.73 Å². The number of nitrogen functional groups attached to an aromatic ring is 1. The van der Waals surface area contributed by atoms with E-state index >= 15 is 0 Å². The SMILES string of the molecule is Cc1c(N)cccc1CNc1cnn(C)c1. The van der Waals surface area contributed by atoms with E-state index in [-0.39, 0.29) is 0 Å². The first kappa shape index (κ1) is 10.5. The smallest absolute Gasteiger partial charge is 0.0729 e. The second-order valence-corrected chi connectivity index (χ2v) is 3.89. The van der Waals surface area contributed by atoms with Crippen molar-refractivity contribution in [3.63, 3.8) is 0 Å². The molecule has 84 valence electrons. The standard InChI is InChI=1S/C12H16N4/c1-9-10(4-3-5-12(9)13)6-14-11-7-15-16(2)8-11/h3-5,7-8,14H,6,13H2,1-2H3. The van der Waals surface area contributed by atoms with Gasteiger partial charge >= 0.3 is 0 Å². The Morgan fingerprint density at radius 3 is 2.94 bits per heavy atom. The molecule has 0 spiro atoms. The summed E-state index contributed by atoms with van der Waals surface area (Å²) >= 11 is 0. The van der Waals surface area contributed by atoms with Gasteiger partial charge in [0.05, 0.1) is 11.9 Å². The summed E-state index contributed by atoms with van der Waals surface area (Å²) in [6, 6.07) is 5.97. The summed E-state index contributed by atoms with van der Waals surface area (Å²) in [6.07, 6.45) is 3.75. The molecule has 1 heterocycles. The largest absolute Gasteiger partial charge is 0.399 e. The highest BCUT2D eigenvalue weighted by Crippen LogP contribution is 2.16. The van der Waals surface area contributed by atoms with Crippen LogP contribution >= 0.6 is 0 Å². The molecular formula is C12H16N4. The minimum atomic E-state index is 0.766. The van der Waals surface area contributed by atoms with Gasteiger partial charge in [-0.25, -0.2) is 0 Å². The molecule has 3 N–H and O–H groups in total. The second-order valence-electron chi connectivity index (χ2n) is 3.89. The highest BCUT2D eigenvalue weighted by atomic mass is 15.3. The molecule has 0 amide bonds. The molecule has 0 bridgehead atoms. The van der Waals surface area contributed by atoms with E-state index in [9.17, 15) is 0 Å². The monoisotopic (exact) mass is 216 g/mol.